The molecule has 0 spiro atoms. The molecular formula is C14H24O3S. The Morgan fingerprint density at radius 2 is 1.44 bits per heavy atom. The Labute approximate surface area is 111 Å². The lowest BCUT2D eigenvalue weighted by Gasteiger charge is -2.54. The van der Waals surface area contributed by atoms with Gasteiger partial charge in [0.1, 0.15) is 0 Å². The van der Waals surface area contributed by atoms with Gasteiger partial charge in [-0.05, 0) is 30.3 Å². The highest BCUT2D eigenvalue weighted by Crippen LogP contribution is 2.60. The predicted molar refractivity (Wildman–Crippen MR) is 73.9 cm³/mol. The summed E-state index contributed by atoms with van der Waals surface area (Å²) >= 11 is 0. The molecule has 0 N–H and O–H groups in total. The maximum absolute atomic E-state index is 12.5. The highest BCUT2D eigenvalue weighted by atomic mass is 32.2. The Balaban J connectivity index is 3.82. The standard InChI is InChI=1S/C14H24O3S/c1-9-11(12(3,4)5)14(10(2)15,13(6,7)8)18(9,16)17/h1-8H3. The SMILES string of the molecule is CC(=O)C1(C(C)(C)C)C(C(C)(C)C)=C(C)S1(=O)=O. The molecule has 0 aromatic heterocycles. The highest BCUT2D eigenvalue weighted by molar-refractivity contribution is 7.99. The number of hydrogen-bond acceptors (Lipinski definition) is 3. The molecule has 18 heavy (non-hydrogen) atoms. The smallest absolute Gasteiger partial charge is 0.191 e. The van der Waals surface area contributed by atoms with E-state index in [9.17, 15) is 13.2 Å². The molecule has 0 aromatic rings. The van der Waals surface area contributed by atoms with Gasteiger partial charge >= 0.3 is 0 Å². The van der Waals surface area contributed by atoms with Gasteiger partial charge in [-0.2, -0.15) is 0 Å². The number of allylic oxidation sites excluding steroid dienone is 1. The Bertz CT molecular complexity index is 524. The van der Waals surface area contributed by atoms with Gasteiger partial charge in [-0.1, -0.05) is 41.5 Å². The quantitative estimate of drug-likeness (QED) is 0.737. The van der Waals surface area contributed by atoms with Crippen LogP contribution in [0.5, 0.6) is 0 Å². The van der Waals surface area contributed by atoms with Crippen molar-refractivity contribution in [3.05, 3.63) is 10.5 Å². The van der Waals surface area contributed by atoms with Crippen LogP contribution < -0.4 is 0 Å². The molecule has 0 aliphatic carbocycles. The second kappa shape index (κ2) is 3.69. The molecule has 104 valence electrons. The van der Waals surface area contributed by atoms with Gasteiger partial charge in [0, 0.05) is 4.91 Å². The first-order valence-electron chi connectivity index (χ1n) is 6.20. The molecule has 1 unspecified atom stereocenters. The van der Waals surface area contributed by atoms with Crippen LogP contribution in [-0.4, -0.2) is 18.9 Å². The van der Waals surface area contributed by atoms with E-state index in [2.05, 4.69) is 0 Å². The maximum atomic E-state index is 12.5. The normalized spacial score (nSPS) is 28.0. The van der Waals surface area contributed by atoms with E-state index in [1.165, 1.54) is 6.92 Å². The summed E-state index contributed by atoms with van der Waals surface area (Å²) in [5, 5.41) is 0. The van der Waals surface area contributed by atoms with Crippen molar-refractivity contribution < 1.29 is 13.2 Å². The lowest BCUT2D eigenvalue weighted by Crippen LogP contribution is -2.65. The van der Waals surface area contributed by atoms with E-state index in [1.807, 2.05) is 41.5 Å². The van der Waals surface area contributed by atoms with Crippen LogP contribution in [0.1, 0.15) is 55.4 Å². The molecule has 0 fully saturated rings. The summed E-state index contributed by atoms with van der Waals surface area (Å²) in [4.78, 5) is 12.6. The first-order chi connectivity index (χ1) is 7.72. The minimum Gasteiger partial charge on any atom is -0.298 e. The van der Waals surface area contributed by atoms with Crippen molar-refractivity contribution in [2.75, 3.05) is 0 Å². The number of carbonyl (C=O) groups excluding carboxylic acids is 1. The van der Waals surface area contributed by atoms with Crippen molar-refractivity contribution >= 4 is 15.6 Å². The van der Waals surface area contributed by atoms with Crippen LogP contribution in [0.4, 0.5) is 0 Å². The summed E-state index contributed by atoms with van der Waals surface area (Å²) in [7, 11) is -3.52. The fourth-order valence-electron chi connectivity index (χ4n) is 3.43. The van der Waals surface area contributed by atoms with Crippen molar-refractivity contribution in [1.82, 2.24) is 0 Å². The summed E-state index contributed by atoms with van der Waals surface area (Å²) in [6, 6.07) is 0. The van der Waals surface area contributed by atoms with Gasteiger partial charge in [-0.3, -0.25) is 4.79 Å². The number of sulfone groups is 1. The predicted octanol–water partition coefficient (Wildman–Crippen LogP) is 3.11. The summed E-state index contributed by atoms with van der Waals surface area (Å²) in [6.45, 7) is 14.4. The van der Waals surface area contributed by atoms with Crippen molar-refractivity contribution in [3.63, 3.8) is 0 Å². The molecule has 0 aromatic carbocycles. The second-order valence-electron chi connectivity index (χ2n) is 7.17. The van der Waals surface area contributed by atoms with Gasteiger partial charge in [0.25, 0.3) is 0 Å². The summed E-state index contributed by atoms with van der Waals surface area (Å²) in [6.07, 6.45) is 0. The lowest BCUT2D eigenvalue weighted by atomic mass is 9.65. The number of ketones is 1. The molecule has 1 aliphatic heterocycles. The van der Waals surface area contributed by atoms with Crippen LogP contribution in [0.2, 0.25) is 0 Å². The Morgan fingerprint density at radius 3 is 1.61 bits per heavy atom. The van der Waals surface area contributed by atoms with Crippen LogP contribution in [0.25, 0.3) is 0 Å². The molecule has 0 saturated heterocycles. The van der Waals surface area contributed by atoms with Gasteiger partial charge in [-0.15, -0.1) is 0 Å². The lowest BCUT2D eigenvalue weighted by molar-refractivity contribution is -0.121. The average molecular weight is 272 g/mol. The van der Waals surface area contributed by atoms with Crippen LogP contribution in [0.15, 0.2) is 10.5 Å². The summed E-state index contributed by atoms with van der Waals surface area (Å²) in [5.74, 6) is -0.273. The van der Waals surface area contributed by atoms with Crippen LogP contribution in [0.3, 0.4) is 0 Å². The Hall–Kier alpha value is -0.640. The van der Waals surface area contributed by atoms with Crippen LogP contribution >= 0.6 is 0 Å². The van der Waals surface area contributed by atoms with E-state index in [4.69, 9.17) is 0 Å². The zero-order valence-corrected chi connectivity index (χ0v) is 13.4. The van der Waals surface area contributed by atoms with E-state index < -0.39 is 20.0 Å². The third kappa shape index (κ3) is 1.54. The zero-order valence-electron chi connectivity index (χ0n) is 12.6. The largest absolute Gasteiger partial charge is 0.298 e. The van der Waals surface area contributed by atoms with Crippen molar-refractivity contribution in [2.45, 2.75) is 60.1 Å². The molecule has 0 amide bonds. The van der Waals surface area contributed by atoms with Gasteiger partial charge in [-0.25, -0.2) is 8.42 Å². The molecular weight excluding hydrogens is 248 g/mol. The minimum atomic E-state index is -3.52. The highest BCUT2D eigenvalue weighted by Gasteiger charge is 2.68. The molecule has 1 atom stereocenters. The minimum absolute atomic E-state index is 0.273. The molecule has 1 rings (SSSR count). The van der Waals surface area contributed by atoms with Gasteiger partial charge < -0.3 is 0 Å². The van der Waals surface area contributed by atoms with Crippen molar-refractivity contribution in [2.24, 2.45) is 10.8 Å². The molecule has 4 heteroatoms. The third-order valence-electron chi connectivity index (χ3n) is 3.81. The van der Waals surface area contributed by atoms with Gasteiger partial charge in [0.05, 0.1) is 0 Å². The Morgan fingerprint density at radius 1 is 1.06 bits per heavy atom. The van der Waals surface area contributed by atoms with Crippen LogP contribution in [-0.2, 0) is 14.6 Å². The van der Waals surface area contributed by atoms with E-state index >= 15 is 0 Å². The number of Topliss-reactive ketones (excluding diaryl/α,β-unsaturated/α-hetero) is 1. The fraction of sp³-hybridized carbons (Fsp3) is 0.786. The Kier molecular flexibility index (Phi) is 3.16. The summed E-state index contributed by atoms with van der Waals surface area (Å²) < 4.78 is 23.7. The van der Waals surface area contributed by atoms with E-state index in [1.54, 1.807) is 6.92 Å². The van der Waals surface area contributed by atoms with E-state index in [-0.39, 0.29) is 11.2 Å². The van der Waals surface area contributed by atoms with Crippen molar-refractivity contribution in [3.8, 4) is 0 Å². The van der Waals surface area contributed by atoms with E-state index in [0.717, 1.165) is 5.57 Å². The molecule has 1 heterocycles. The number of hydrogen-bond donors (Lipinski definition) is 0. The third-order valence-corrected chi connectivity index (χ3v) is 6.73. The zero-order chi connectivity index (χ0) is 14.7. The molecule has 0 saturated carbocycles. The maximum Gasteiger partial charge on any atom is 0.191 e. The van der Waals surface area contributed by atoms with E-state index in [0.29, 0.717) is 4.91 Å². The molecule has 0 radical (unpaired) electrons. The number of rotatable bonds is 1. The first-order valence-corrected chi connectivity index (χ1v) is 7.68. The first kappa shape index (κ1) is 15.4. The molecule has 0 bridgehead atoms. The monoisotopic (exact) mass is 272 g/mol. The topological polar surface area (TPSA) is 51.2 Å². The van der Waals surface area contributed by atoms with Gasteiger partial charge in [0.2, 0.25) is 0 Å². The summed E-state index contributed by atoms with van der Waals surface area (Å²) in [5.41, 5.74) is -0.191. The van der Waals surface area contributed by atoms with Gasteiger partial charge in [0.15, 0.2) is 20.4 Å². The second-order valence-corrected chi connectivity index (χ2v) is 9.40. The molecule has 3 nitrogen and oxygen atoms in total. The van der Waals surface area contributed by atoms with Crippen LogP contribution in [0, 0.1) is 10.8 Å². The van der Waals surface area contributed by atoms with Crippen molar-refractivity contribution in [1.29, 1.82) is 0 Å². The molecule has 1 aliphatic rings. The average Bonchev–Trinajstić information content (AvgIpc) is 2.07. The number of carbonyl (C=O) groups is 1. The fourth-order valence-corrected chi connectivity index (χ4v) is 6.37.